The van der Waals surface area contributed by atoms with Crippen LogP contribution < -0.4 is 10.6 Å². The quantitative estimate of drug-likeness (QED) is 0.256. The highest BCUT2D eigenvalue weighted by atomic mass is 127. The van der Waals surface area contributed by atoms with Gasteiger partial charge in [-0.3, -0.25) is 9.67 Å². The van der Waals surface area contributed by atoms with E-state index in [9.17, 15) is 13.2 Å². The van der Waals surface area contributed by atoms with E-state index >= 15 is 0 Å². The van der Waals surface area contributed by atoms with Crippen LogP contribution in [0.15, 0.2) is 16.4 Å². The van der Waals surface area contributed by atoms with Crippen LogP contribution >= 0.6 is 35.3 Å². The molecule has 2 heterocycles. The molecule has 0 fully saturated rings. The van der Waals surface area contributed by atoms with E-state index in [1.807, 2.05) is 24.6 Å². The van der Waals surface area contributed by atoms with Gasteiger partial charge in [-0.2, -0.15) is 18.3 Å². The van der Waals surface area contributed by atoms with Crippen LogP contribution in [0.5, 0.6) is 0 Å². The van der Waals surface area contributed by atoms with Crippen molar-refractivity contribution in [2.75, 3.05) is 20.1 Å². The van der Waals surface area contributed by atoms with E-state index in [0.29, 0.717) is 30.5 Å². The summed E-state index contributed by atoms with van der Waals surface area (Å²) in [4.78, 5) is 7.71. The molecule has 0 atom stereocenters. The Morgan fingerprint density at radius 2 is 1.96 bits per heavy atom. The van der Waals surface area contributed by atoms with Crippen molar-refractivity contribution < 1.29 is 13.2 Å². The molecule has 27 heavy (non-hydrogen) atoms. The van der Waals surface area contributed by atoms with Crippen molar-refractivity contribution in [2.45, 2.75) is 39.4 Å². The summed E-state index contributed by atoms with van der Waals surface area (Å²) in [5.74, 6) is 0.617. The fourth-order valence-corrected chi connectivity index (χ4v) is 3.21. The highest BCUT2D eigenvalue weighted by Crippen LogP contribution is 2.29. The zero-order valence-corrected chi connectivity index (χ0v) is 18.6. The first kappa shape index (κ1) is 23.7. The molecule has 2 rings (SSSR count). The second-order valence-electron chi connectivity index (χ2n) is 5.80. The third kappa shape index (κ3) is 7.64. The van der Waals surface area contributed by atoms with Gasteiger partial charge in [0.25, 0.3) is 0 Å². The first-order valence-corrected chi connectivity index (χ1v) is 9.14. The van der Waals surface area contributed by atoms with Crippen molar-refractivity contribution in [1.29, 1.82) is 0 Å². The van der Waals surface area contributed by atoms with E-state index in [1.54, 1.807) is 7.05 Å². The van der Waals surface area contributed by atoms with E-state index in [4.69, 9.17) is 0 Å². The highest BCUT2D eigenvalue weighted by Gasteiger charge is 2.33. The molecular weight excluding hydrogens is 492 g/mol. The lowest BCUT2D eigenvalue weighted by Gasteiger charge is -2.11. The molecule has 152 valence electrons. The average molecular weight is 516 g/mol. The average Bonchev–Trinajstić information content (AvgIpc) is 3.16. The molecule has 0 aliphatic rings. The molecule has 0 radical (unpaired) electrons. The Kier molecular flexibility index (Phi) is 9.50. The van der Waals surface area contributed by atoms with Crippen LogP contribution in [-0.4, -0.2) is 40.9 Å². The monoisotopic (exact) mass is 516 g/mol. The Balaban J connectivity index is 0.00000364. The van der Waals surface area contributed by atoms with Crippen LogP contribution in [0.3, 0.4) is 0 Å². The van der Waals surface area contributed by atoms with Crippen molar-refractivity contribution in [3.8, 4) is 0 Å². The second-order valence-corrected chi connectivity index (χ2v) is 6.75. The molecule has 0 aliphatic carbocycles. The van der Waals surface area contributed by atoms with E-state index < -0.39 is 11.9 Å². The largest absolute Gasteiger partial charge is 0.434 e. The SMILES string of the molecule is CN=C(NCCCn1nc(C)cc1C)NCCc1nc(C(F)(F)F)cs1.I. The van der Waals surface area contributed by atoms with Crippen molar-refractivity contribution >= 4 is 41.3 Å². The number of aryl methyl sites for hydroxylation is 3. The van der Waals surface area contributed by atoms with Gasteiger partial charge in [-0.05, 0) is 26.3 Å². The number of nitrogens with zero attached hydrogens (tertiary/aromatic N) is 4. The number of hydrogen-bond acceptors (Lipinski definition) is 4. The molecule has 0 unspecified atom stereocenters. The van der Waals surface area contributed by atoms with Gasteiger partial charge in [0.15, 0.2) is 11.7 Å². The summed E-state index contributed by atoms with van der Waals surface area (Å²) >= 11 is 1.02. The Morgan fingerprint density at radius 1 is 1.26 bits per heavy atom. The molecule has 11 heteroatoms. The summed E-state index contributed by atoms with van der Waals surface area (Å²) in [5.41, 5.74) is 1.31. The zero-order chi connectivity index (χ0) is 19.2. The number of nitrogens with one attached hydrogen (secondary N) is 2. The predicted molar refractivity (Wildman–Crippen MR) is 112 cm³/mol. The summed E-state index contributed by atoms with van der Waals surface area (Å²) in [6.45, 7) is 5.97. The number of guanidine groups is 1. The first-order valence-electron chi connectivity index (χ1n) is 8.26. The van der Waals surface area contributed by atoms with E-state index in [2.05, 4.69) is 25.7 Å². The van der Waals surface area contributed by atoms with Gasteiger partial charge in [0, 0.05) is 44.2 Å². The fraction of sp³-hybridized carbons (Fsp3) is 0.562. The maximum atomic E-state index is 12.5. The third-order valence-electron chi connectivity index (χ3n) is 3.64. The molecule has 0 spiro atoms. The number of hydrogen-bond donors (Lipinski definition) is 2. The number of alkyl halides is 3. The number of aromatic nitrogens is 3. The molecule has 0 saturated heterocycles. The van der Waals surface area contributed by atoms with Crippen molar-refractivity contribution in [1.82, 2.24) is 25.4 Å². The second kappa shape index (κ2) is 10.8. The van der Waals surface area contributed by atoms with Crippen molar-refractivity contribution in [2.24, 2.45) is 4.99 Å². The van der Waals surface area contributed by atoms with Crippen LogP contribution in [0.4, 0.5) is 13.2 Å². The van der Waals surface area contributed by atoms with Gasteiger partial charge in [0.2, 0.25) is 0 Å². The Hall–Kier alpha value is -1.37. The van der Waals surface area contributed by atoms with Crippen molar-refractivity contribution in [3.63, 3.8) is 0 Å². The summed E-state index contributed by atoms with van der Waals surface area (Å²) in [6, 6.07) is 2.04. The van der Waals surface area contributed by atoms with Crippen LogP contribution in [0.25, 0.3) is 0 Å². The molecule has 2 aromatic heterocycles. The van der Waals surface area contributed by atoms with Gasteiger partial charge in [0.1, 0.15) is 0 Å². The van der Waals surface area contributed by atoms with Gasteiger partial charge in [-0.25, -0.2) is 4.98 Å². The van der Waals surface area contributed by atoms with Gasteiger partial charge >= 0.3 is 6.18 Å². The number of thiazole rings is 1. The standard InChI is InChI=1S/C16H23F3N6S.HI/c1-11-9-12(2)25(24-11)8-4-6-21-15(20-3)22-7-5-14-23-13(10-26-14)16(17,18)19;/h9-10H,4-8H2,1-3H3,(H2,20,21,22);1H. The minimum Gasteiger partial charge on any atom is -0.356 e. The predicted octanol–water partition coefficient (Wildman–Crippen LogP) is 3.39. The highest BCUT2D eigenvalue weighted by molar-refractivity contribution is 14.0. The minimum atomic E-state index is -4.38. The summed E-state index contributed by atoms with van der Waals surface area (Å²) in [5, 5.41) is 12.2. The normalized spacial score (nSPS) is 12.0. The van der Waals surface area contributed by atoms with Crippen LogP contribution in [0, 0.1) is 13.8 Å². The van der Waals surface area contributed by atoms with Gasteiger partial charge in [0.05, 0.1) is 10.7 Å². The maximum Gasteiger partial charge on any atom is 0.434 e. The molecule has 0 bridgehead atoms. The molecule has 6 nitrogen and oxygen atoms in total. The molecule has 0 aromatic carbocycles. The van der Waals surface area contributed by atoms with E-state index in [0.717, 1.165) is 41.1 Å². The third-order valence-corrected chi connectivity index (χ3v) is 4.55. The summed E-state index contributed by atoms with van der Waals surface area (Å²) in [7, 11) is 1.65. The fourth-order valence-electron chi connectivity index (χ4n) is 2.40. The van der Waals surface area contributed by atoms with Gasteiger partial charge in [-0.1, -0.05) is 0 Å². The lowest BCUT2D eigenvalue weighted by atomic mass is 10.4. The Labute approximate surface area is 177 Å². The van der Waals surface area contributed by atoms with Crippen LogP contribution in [-0.2, 0) is 19.1 Å². The number of halogens is 4. The molecule has 0 amide bonds. The molecular formula is C16H24F3IN6S. The van der Waals surface area contributed by atoms with E-state index in [-0.39, 0.29) is 24.0 Å². The maximum absolute atomic E-state index is 12.5. The Bertz CT molecular complexity index is 741. The number of aliphatic imine (C=N–C) groups is 1. The summed E-state index contributed by atoms with van der Waals surface area (Å²) < 4.78 is 39.5. The number of rotatable bonds is 7. The molecule has 0 aliphatic heterocycles. The molecule has 0 saturated carbocycles. The minimum absolute atomic E-state index is 0. The zero-order valence-electron chi connectivity index (χ0n) is 15.4. The smallest absolute Gasteiger partial charge is 0.356 e. The topological polar surface area (TPSA) is 67.1 Å². The van der Waals surface area contributed by atoms with Crippen LogP contribution in [0.1, 0.15) is 28.5 Å². The Morgan fingerprint density at radius 3 is 2.52 bits per heavy atom. The first-order chi connectivity index (χ1) is 12.3. The molecule has 2 N–H and O–H groups in total. The molecule has 2 aromatic rings. The lowest BCUT2D eigenvalue weighted by molar-refractivity contribution is -0.140. The van der Waals surface area contributed by atoms with Crippen LogP contribution in [0.2, 0.25) is 0 Å². The summed E-state index contributed by atoms with van der Waals surface area (Å²) in [6.07, 6.45) is -3.09. The van der Waals surface area contributed by atoms with Crippen molar-refractivity contribution in [3.05, 3.63) is 33.5 Å². The van der Waals surface area contributed by atoms with Gasteiger partial charge in [-0.15, -0.1) is 35.3 Å². The lowest BCUT2D eigenvalue weighted by Crippen LogP contribution is -2.39. The van der Waals surface area contributed by atoms with Gasteiger partial charge < -0.3 is 10.6 Å². The van der Waals surface area contributed by atoms with E-state index in [1.165, 1.54) is 0 Å².